The number of nitrogens with one attached hydrogen (secondary N) is 1. The molecule has 7 nitrogen and oxygen atoms in total. The normalized spacial score (nSPS) is 11.4. The van der Waals surface area contributed by atoms with Gasteiger partial charge < -0.3 is 19.5 Å². The minimum absolute atomic E-state index is 0.107. The highest BCUT2D eigenvalue weighted by Gasteiger charge is 1.91. The van der Waals surface area contributed by atoms with Gasteiger partial charge in [0.15, 0.2) is 6.79 Å². The Morgan fingerprint density at radius 3 is 2.69 bits per heavy atom. The molecule has 0 radical (unpaired) electrons. The van der Waals surface area contributed by atoms with E-state index in [0.717, 1.165) is 0 Å². The van der Waals surface area contributed by atoms with Gasteiger partial charge in [-0.1, -0.05) is 0 Å². The molecule has 0 saturated carbocycles. The molecule has 0 aromatic carbocycles. The van der Waals surface area contributed by atoms with E-state index < -0.39 is 0 Å². The Hall–Kier alpha value is -1.08. The van der Waals surface area contributed by atoms with Crippen LogP contribution < -0.4 is 5.43 Å². The molecule has 0 rings (SSSR count). The second-order valence-electron chi connectivity index (χ2n) is 1.93. The van der Waals surface area contributed by atoms with Crippen molar-refractivity contribution < 1.29 is 19.3 Å². The first kappa shape index (κ1) is 11.9. The van der Waals surface area contributed by atoms with Crippen molar-refractivity contribution >= 4 is 0 Å². The van der Waals surface area contributed by atoms with E-state index in [4.69, 9.17) is 9.47 Å². The molecule has 0 amide bonds. The van der Waals surface area contributed by atoms with Gasteiger partial charge in [-0.05, 0) is 13.8 Å². The van der Waals surface area contributed by atoms with Crippen LogP contribution in [-0.4, -0.2) is 31.7 Å². The second-order valence-corrected chi connectivity index (χ2v) is 1.93. The smallest absolute Gasteiger partial charge is 0.235 e. The van der Waals surface area contributed by atoms with Crippen molar-refractivity contribution in [3.63, 3.8) is 0 Å². The van der Waals surface area contributed by atoms with E-state index in [1.54, 1.807) is 6.92 Å². The van der Waals surface area contributed by atoms with Gasteiger partial charge in [0.1, 0.15) is 0 Å². The summed E-state index contributed by atoms with van der Waals surface area (Å²) in [5.41, 5.74) is 2.35. The van der Waals surface area contributed by atoms with Crippen LogP contribution in [0.3, 0.4) is 0 Å². The molecular formula is C6H15N3O4. The lowest BCUT2D eigenvalue weighted by molar-refractivity contribution is -0.615. The fourth-order valence-corrected chi connectivity index (χ4v) is 0.454. The highest BCUT2D eigenvalue weighted by atomic mass is 16.8. The minimum atomic E-state index is -0.107. The first-order chi connectivity index (χ1) is 6.31. The molecule has 0 fully saturated rings. The number of hydrogen-bond acceptors (Lipinski definition) is 5. The lowest BCUT2D eigenvalue weighted by Crippen LogP contribution is -2.22. The molecular weight excluding hydrogens is 178 g/mol. The van der Waals surface area contributed by atoms with E-state index in [1.165, 1.54) is 0 Å². The molecule has 0 aliphatic rings. The molecule has 0 spiro atoms. The summed E-state index contributed by atoms with van der Waals surface area (Å²) in [5.74, 6) is 0. The zero-order valence-electron chi connectivity index (χ0n) is 7.86. The molecule has 78 valence electrons. The predicted molar refractivity (Wildman–Crippen MR) is 43.3 cm³/mol. The molecule has 0 unspecified atom stereocenters. The summed E-state index contributed by atoms with van der Waals surface area (Å²) in [4.78, 5) is 4.69. The highest BCUT2D eigenvalue weighted by molar-refractivity contribution is 4.10. The lowest BCUT2D eigenvalue weighted by atomic mass is 10.8. The van der Waals surface area contributed by atoms with Crippen LogP contribution in [-0.2, 0) is 14.3 Å². The summed E-state index contributed by atoms with van der Waals surface area (Å²) in [6.45, 7) is 4.69. The van der Waals surface area contributed by atoms with E-state index in [1.807, 2.05) is 6.92 Å². The summed E-state index contributed by atoms with van der Waals surface area (Å²) in [7, 11) is 0. The molecule has 0 aromatic rings. The average molecular weight is 193 g/mol. The molecule has 0 bridgehead atoms. The molecule has 0 aliphatic carbocycles. The quantitative estimate of drug-likeness (QED) is 0.198. The number of hydrogen-bond donors (Lipinski definition) is 1. The Labute approximate surface area is 76.8 Å². The topological polar surface area (TPSA) is 78.2 Å². The molecule has 1 N–H and O–H groups in total. The summed E-state index contributed by atoms with van der Waals surface area (Å²) >= 11 is 0. The summed E-state index contributed by atoms with van der Waals surface area (Å²) in [5, 5.41) is 13.7. The van der Waals surface area contributed by atoms with Gasteiger partial charge in [-0.15, -0.1) is 0 Å². The van der Waals surface area contributed by atoms with Gasteiger partial charge in [0.2, 0.25) is 12.1 Å². The molecule has 0 aliphatic heterocycles. The van der Waals surface area contributed by atoms with Crippen molar-refractivity contribution in [2.45, 2.75) is 13.8 Å². The third-order valence-electron chi connectivity index (χ3n) is 0.932. The van der Waals surface area contributed by atoms with Crippen LogP contribution in [0.1, 0.15) is 13.8 Å². The van der Waals surface area contributed by atoms with E-state index in [9.17, 15) is 5.21 Å². The van der Waals surface area contributed by atoms with Crippen molar-refractivity contribution in [1.29, 1.82) is 0 Å². The summed E-state index contributed by atoms with van der Waals surface area (Å²) in [6.07, 6.45) is 0. The molecule has 0 heterocycles. The van der Waals surface area contributed by atoms with Gasteiger partial charge in [-0.2, -0.15) is 5.43 Å². The van der Waals surface area contributed by atoms with Crippen LogP contribution in [0.4, 0.5) is 0 Å². The van der Waals surface area contributed by atoms with Gasteiger partial charge in [-0.25, -0.2) is 0 Å². The Morgan fingerprint density at radius 2 is 2.08 bits per heavy atom. The standard InChI is InChI=1S/C6H15N3O4/c1-3-7-9(10)8-13-6-12-5-11-4-2/h3-6H2,1-2H3,(H,7,8). The van der Waals surface area contributed by atoms with Crippen LogP contribution in [0.2, 0.25) is 0 Å². The second kappa shape index (κ2) is 9.01. The maximum absolute atomic E-state index is 10.6. The Morgan fingerprint density at radius 1 is 1.31 bits per heavy atom. The van der Waals surface area contributed by atoms with Gasteiger partial charge >= 0.3 is 0 Å². The number of ether oxygens (including phenoxy) is 2. The van der Waals surface area contributed by atoms with Crippen LogP contribution in [0, 0.1) is 5.21 Å². The molecule has 0 saturated heterocycles. The first-order valence-electron chi connectivity index (χ1n) is 4.00. The van der Waals surface area contributed by atoms with Crippen molar-refractivity contribution in [3.8, 4) is 0 Å². The Kier molecular flexibility index (Phi) is 8.26. The van der Waals surface area contributed by atoms with Crippen LogP contribution in [0.25, 0.3) is 0 Å². The Balaban J connectivity index is 3.18. The van der Waals surface area contributed by atoms with Gasteiger partial charge in [0, 0.05) is 6.61 Å². The van der Waals surface area contributed by atoms with Crippen molar-refractivity contribution in [2.75, 3.05) is 26.7 Å². The van der Waals surface area contributed by atoms with E-state index in [-0.39, 0.29) is 18.6 Å². The highest BCUT2D eigenvalue weighted by Crippen LogP contribution is 1.81. The average Bonchev–Trinajstić information content (AvgIpc) is 2.11. The van der Waals surface area contributed by atoms with Crippen LogP contribution in [0.15, 0.2) is 5.28 Å². The Bertz CT molecular complexity index is 142. The molecule has 0 atom stereocenters. The van der Waals surface area contributed by atoms with E-state index >= 15 is 0 Å². The van der Waals surface area contributed by atoms with Gasteiger partial charge in [0.25, 0.3) is 0 Å². The summed E-state index contributed by atoms with van der Waals surface area (Å²) in [6, 6.07) is 0. The predicted octanol–water partition coefficient (Wildman–Crippen LogP) is 0.373. The van der Waals surface area contributed by atoms with Crippen molar-refractivity contribution in [3.05, 3.63) is 5.21 Å². The molecule has 7 heteroatoms. The summed E-state index contributed by atoms with van der Waals surface area (Å²) < 4.78 is 9.61. The van der Waals surface area contributed by atoms with Crippen molar-refractivity contribution in [2.24, 2.45) is 5.28 Å². The fourth-order valence-electron chi connectivity index (χ4n) is 0.454. The largest absolute Gasteiger partial charge is 0.569 e. The first-order valence-corrected chi connectivity index (χ1v) is 4.00. The third-order valence-corrected chi connectivity index (χ3v) is 0.932. The lowest BCUT2D eigenvalue weighted by Gasteiger charge is -2.01. The molecule has 0 aromatic heterocycles. The minimum Gasteiger partial charge on any atom is -0.569 e. The third kappa shape index (κ3) is 8.83. The number of nitrogens with zero attached hydrogens (tertiary/aromatic N) is 2. The maximum atomic E-state index is 10.6. The molecule has 13 heavy (non-hydrogen) atoms. The van der Waals surface area contributed by atoms with Crippen molar-refractivity contribution in [1.82, 2.24) is 5.43 Å². The zero-order chi connectivity index (χ0) is 9.94. The zero-order valence-corrected chi connectivity index (χ0v) is 7.86. The van der Waals surface area contributed by atoms with E-state index in [0.29, 0.717) is 13.2 Å². The van der Waals surface area contributed by atoms with Gasteiger partial charge in [-0.3, -0.25) is 0 Å². The van der Waals surface area contributed by atoms with Crippen LogP contribution >= 0.6 is 0 Å². The maximum Gasteiger partial charge on any atom is 0.235 e. The SMILES string of the molecule is CCN/[N+]([O-])=N/OCOCOCC. The van der Waals surface area contributed by atoms with Crippen LogP contribution in [0.5, 0.6) is 0 Å². The van der Waals surface area contributed by atoms with Gasteiger partial charge in [0.05, 0.1) is 11.5 Å². The monoisotopic (exact) mass is 193 g/mol. The van der Waals surface area contributed by atoms with E-state index in [2.05, 4.69) is 15.5 Å². The number of hydrazine groups is 1. The fraction of sp³-hybridized carbons (Fsp3) is 1.00. The number of rotatable bonds is 8.